The number of oxazole rings is 1. The SMILES string of the molecule is CN(CCc1cnc([C@](O)(c2ccccc2)C2CCCCC2)o1)CC1CC=C(CCNC[C@H](O)c2ccc(O)c3[nH]c(=O)ccc23)S1. The largest absolute Gasteiger partial charge is 0.506 e. The van der Waals surface area contributed by atoms with Gasteiger partial charge in [-0.3, -0.25) is 4.79 Å². The van der Waals surface area contributed by atoms with E-state index in [0.29, 0.717) is 34.2 Å². The van der Waals surface area contributed by atoms with Crippen LogP contribution in [-0.2, 0) is 12.0 Å². The van der Waals surface area contributed by atoms with Gasteiger partial charge in [0.25, 0.3) is 0 Å². The molecule has 0 bridgehead atoms. The molecular weight excluding hydrogens is 612 g/mol. The Hall–Kier alpha value is -3.41. The number of likely N-dealkylation sites (N-methyl/N-ethyl adjacent to an activating group) is 1. The second kappa shape index (κ2) is 15.2. The molecular formula is C37H46N4O5S. The zero-order valence-electron chi connectivity index (χ0n) is 27.0. The van der Waals surface area contributed by atoms with Crippen LogP contribution in [0.5, 0.6) is 5.75 Å². The van der Waals surface area contributed by atoms with E-state index in [2.05, 4.69) is 33.3 Å². The summed E-state index contributed by atoms with van der Waals surface area (Å²) in [5.41, 5.74) is 0.360. The number of pyridine rings is 1. The number of aliphatic hydroxyl groups excluding tert-OH is 1. The molecule has 250 valence electrons. The summed E-state index contributed by atoms with van der Waals surface area (Å²) >= 11 is 1.93. The van der Waals surface area contributed by atoms with E-state index in [4.69, 9.17) is 4.42 Å². The van der Waals surface area contributed by atoms with E-state index in [0.717, 1.165) is 75.9 Å². The van der Waals surface area contributed by atoms with Crippen LogP contribution < -0.4 is 10.9 Å². The summed E-state index contributed by atoms with van der Waals surface area (Å²) in [7, 11) is 2.14. The number of aromatic amines is 1. The monoisotopic (exact) mass is 658 g/mol. The van der Waals surface area contributed by atoms with Gasteiger partial charge in [-0.1, -0.05) is 61.7 Å². The lowest BCUT2D eigenvalue weighted by Crippen LogP contribution is -2.38. The predicted octanol–water partition coefficient (Wildman–Crippen LogP) is 5.61. The molecule has 9 nitrogen and oxygen atoms in total. The molecule has 1 aliphatic heterocycles. The van der Waals surface area contributed by atoms with Crippen molar-refractivity contribution in [3.05, 3.63) is 105 Å². The van der Waals surface area contributed by atoms with Crippen molar-refractivity contribution in [2.45, 2.75) is 68.3 Å². The number of allylic oxidation sites excluding steroid dienone is 1. The van der Waals surface area contributed by atoms with Crippen LogP contribution >= 0.6 is 11.8 Å². The van der Waals surface area contributed by atoms with Crippen LogP contribution in [-0.4, -0.2) is 68.7 Å². The van der Waals surface area contributed by atoms with Gasteiger partial charge in [0.05, 0.1) is 17.8 Å². The smallest absolute Gasteiger partial charge is 0.248 e. The molecule has 0 spiro atoms. The number of phenols is 1. The Balaban J connectivity index is 0.941. The van der Waals surface area contributed by atoms with Crippen LogP contribution in [0.4, 0.5) is 0 Å². The summed E-state index contributed by atoms with van der Waals surface area (Å²) in [4.78, 5) is 22.6. The van der Waals surface area contributed by atoms with E-state index < -0.39 is 11.7 Å². The van der Waals surface area contributed by atoms with Crippen LogP contribution in [0.1, 0.15) is 73.8 Å². The van der Waals surface area contributed by atoms with Crippen LogP contribution in [0.3, 0.4) is 0 Å². The minimum Gasteiger partial charge on any atom is -0.506 e. The summed E-state index contributed by atoms with van der Waals surface area (Å²) in [6, 6.07) is 16.1. The molecule has 3 heterocycles. The van der Waals surface area contributed by atoms with Crippen molar-refractivity contribution < 1.29 is 19.7 Å². The van der Waals surface area contributed by atoms with Crippen LogP contribution in [0.15, 0.2) is 81.0 Å². The Morgan fingerprint density at radius 3 is 2.72 bits per heavy atom. The Morgan fingerprint density at radius 2 is 1.91 bits per heavy atom. The number of aromatic nitrogens is 2. The van der Waals surface area contributed by atoms with Crippen LogP contribution in [0, 0.1) is 5.92 Å². The first-order valence-corrected chi connectivity index (χ1v) is 17.7. The van der Waals surface area contributed by atoms with Gasteiger partial charge in [0.2, 0.25) is 11.4 Å². The number of phenolic OH excluding ortho intramolecular Hbond substituents is 1. The first-order chi connectivity index (χ1) is 22.8. The zero-order valence-corrected chi connectivity index (χ0v) is 27.8. The third-order valence-electron chi connectivity index (χ3n) is 9.62. The van der Waals surface area contributed by atoms with Crippen molar-refractivity contribution in [2.75, 3.05) is 33.2 Å². The molecule has 2 aliphatic rings. The Bertz CT molecular complexity index is 1720. The summed E-state index contributed by atoms with van der Waals surface area (Å²) in [6.45, 7) is 2.92. The van der Waals surface area contributed by atoms with Gasteiger partial charge < -0.3 is 34.9 Å². The van der Waals surface area contributed by atoms with Crippen LogP contribution in [0.2, 0.25) is 0 Å². The lowest BCUT2D eigenvalue weighted by Gasteiger charge is -2.36. The lowest BCUT2D eigenvalue weighted by molar-refractivity contribution is -0.0239. The maximum Gasteiger partial charge on any atom is 0.248 e. The highest BCUT2D eigenvalue weighted by atomic mass is 32.2. The summed E-state index contributed by atoms with van der Waals surface area (Å²) in [6.07, 6.45) is 11.4. The van der Waals surface area contributed by atoms with Gasteiger partial charge in [-0.05, 0) is 67.4 Å². The van der Waals surface area contributed by atoms with Crippen molar-refractivity contribution in [3.8, 4) is 5.75 Å². The van der Waals surface area contributed by atoms with E-state index in [1.807, 2.05) is 42.1 Å². The number of H-pyrrole nitrogens is 1. The molecule has 47 heavy (non-hydrogen) atoms. The maximum atomic E-state index is 12.1. The van der Waals surface area contributed by atoms with Gasteiger partial charge in [0.1, 0.15) is 11.5 Å². The Kier molecular flexibility index (Phi) is 10.8. The Morgan fingerprint density at radius 1 is 1.11 bits per heavy atom. The zero-order chi connectivity index (χ0) is 32.8. The van der Waals surface area contributed by atoms with Crippen molar-refractivity contribution in [1.29, 1.82) is 0 Å². The van der Waals surface area contributed by atoms with E-state index in [1.165, 1.54) is 23.5 Å². The first-order valence-electron chi connectivity index (χ1n) is 16.8. The number of thioether (sulfide) groups is 1. The number of aromatic hydroxyl groups is 1. The molecule has 5 N–H and O–H groups in total. The number of fused-ring (bicyclic) bond motifs is 1. The third-order valence-corrected chi connectivity index (χ3v) is 11.0. The van der Waals surface area contributed by atoms with Gasteiger partial charge in [-0.25, -0.2) is 4.98 Å². The highest BCUT2D eigenvalue weighted by molar-refractivity contribution is 8.03. The quantitative estimate of drug-likeness (QED) is 0.110. The molecule has 0 amide bonds. The normalized spacial score (nSPS) is 19.2. The standard InChI is InChI=1S/C37H46N4O5S/c1-41(21-19-27-22-39-36(46-27)37(45,25-8-4-2-5-9-25)26-10-6-3-7-11-26)24-29-13-12-28(47-29)18-20-38-23-33(43)30-14-16-32(42)35-31(30)15-17-34(44)40-35/h2,4-5,8-9,12,14-17,22,26,29,33,38,42-43,45H,3,6-7,10-11,13,18-21,23-24H2,1H3,(H,40,44)/t29?,33-,37-/m0/s1. The molecule has 1 aliphatic carbocycles. The third kappa shape index (κ3) is 7.84. The number of hydrogen-bond donors (Lipinski definition) is 5. The van der Waals surface area contributed by atoms with Crippen LogP contribution in [0.25, 0.3) is 10.9 Å². The topological polar surface area (TPSA) is 135 Å². The number of nitrogens with one attached hydrogen (secondary N) is 2. The molecule has 2 aromatic carbocycles. The summed E-state index contributed by atoms with van der Waals surface area (Å²) < 4.78 is 6.27. The molecule has 10 heteroatoms. The highest BCUT2D eigenvalue weighted by Gasteiger charge is 2.44. The van der Waals surface area contributed by atoms with Crippen molar-refractivity contribution in [3.63, 3.8) is 0 Å². The molecule has 1 saturated carbocycles. The number of hydrogen-bond acceptors (Lipinski definition) is 9. The summed E-state index contributed by atoms with van der Waals surface area (Å²) in [5, 5.41) is 37.5. The Labute approximate surface area is 280 Å². The van der Waals surface area contributed by atoms with Crippen molar-refractivity contribution >= 4 is 22.7 Å². The van der Waals surface area contributed by atoms with Gasteiger partial charge in [0, 0.05) is 48.7 Å². The molecule has 4 aromatic rings. The average Bonchev–Trinajstić information content (AvgIpc) is 3.76. The minimum atomic E-state index is -1.21. The fraction of sp³-hybridized carbons (Fsp3) is 0.459. The van der Waals surface area contributed by atoms with E-state index in [1.54, 1.807) is 18.3 Å². The highest BCUT2D eigenvalue weighted by Crippen LogP contribution is 2.43. The molecule has 0 saturated heterocycles. The lowest BCUT2D eigenvalue weighted by atomic mass is 9.73. The summed E-state index contributed by atoms with van der Waals surface area (Å²) in [5.74, 6) is 1.31. The van der Waals surface area contributed by atoms with E-state index in [-0.39, 0.29) is 17.2 Å². The number of benzene rings is 2. The number of nitrogens with zero attached hydrogens (tertiary/aromatic N) is 2. The average molecular weight is 659 g/mol. The molecule has 0 radical (unpaired) electrons. The molecule has 2 aromatic heterocycles. The molecule has 1 fully saturated rings. The van der Waals surface area contributed by atoms with Gasteiger partial charge in [-0.15, -0.1) is 11.8 Å². The maximum absolute atomic E-state index is 12.1. The van der Waals surface area contributed by atoms with Gasteiger partial charge >= 0.3 is 0 Å². The molecule has 3 atom stereocenters. The van der Waals surface area contributed by atoms with E-state index >= 15 is 0 Å². The molecule has 6 rings (SSSR count). The van der Waals surface area contributed by atoms with E-state index in [9.17, 15) is 20.1 Å². The fourth-order valence-corrected chi connectivity index (χ4v) is 8.40. The van der Waals surface area contributed by atoms with Crippen molar-refractivity contribution in [1.82, 2.24) is 20.2 Å². The predicted molar refractivity (Wildman–Crippen MR) is 186 cm³/mol. The second-order valence-electron chi connectivity index (χ2n) is 13.0. The fourth-order valence-electron chi connectivity index (χ4n) is 7.04. The minimum absolute atomic E-state index is 0.0134. The van der Waals surface area contributed by atoms with Gasteiger partial charge in [0.15, 0.2) is 5.60 Å². The van der Waals surface area contributed by atoms with Crippen molar-refractivity contribution in [2.24, 2.45) is 5.92 Å². The van der Waals surface area contributed by atoms with Gasteiger partial charge in [-0.2, -0.15) is 0 Å². The number of rotatable bonds is 14. The first kappa shape index (κ1) is 33.5. The second-order valence-corrected chi connectivity index (χ2v) is 14.4. The molecule has 1 unspecified atom stereocenters. The number of aliphatic hydroxyl groups is 2.